The van der Waals surface area contributed by atoms with Crippen LogP contribution in [0.4, 0.5) is 0 Å². The van der Waals surface area contributed by atoms with Gasteiger partial charge in [-0.3, -0.25) is 0 Å². The second-order valence-electron chi connectivity index (χ2n) is 4.79. The summed E-state index contributed by atoms with van der Waals surface area (Å²) < 4.78 is 10.7. The van der Waals surface area contributed by atoms with Crippen LogP contribution >= 0.6 is 0 Å². The van der Waals surface area contributed by atoms with Gasteiger partial charge in [-0.25, -0.2) is 0 Å². The predicted molar refractivity (Wildman–Crippen MR) is 71.4 cm³/mol. The van der Waals surface area contributed by atoms with Crippen LogP contribution < -0.4 is 14.8 Å². The lowest BCUT2D eigenvalue weighted by Gasteiger charge is -2.14. The molecule has 106 valence electrons. The predicted octanol–water partition coefficient (Wildman–Crippen LogP) is 0.679. The Kier molecular flexibility index (Phi) is 5.01. The first-order valence-corrected chi connectivity index (χ1v) is 6.55. The average Bonchev–Trinajstić information content (AvgIpc) is 3.26. The number of benzene rings is 1. The molecule has 0 aromatic heterocycles. The number of nitrogens with one attached hydrogen (secondary N) is 1. The Hall–Kier alpha value is -1.30. The molecule has 1 aliphatic carbocycles. The van der Waals surface area contributed by atoms with E-state index in [1.165, 1.54) is 12.8 Å². The van der Waals surface area contributed by atoms with Gasteiger partial charge in [0.15, 0.2) is 11.5 Å². The lowest BCUT2D eigenvalue weighted by atomic mass is 10.2. The molecule has 1 saturated carbocycles. The molecule has 0 saturated heterocycles. The Morgan fingerprint density at radius 3 is 2.79 bits per heavy atom. The molecular formula is C14H21NO4. The van der Waals surface area contributed by atoms with Gasteiger partial charge in [-0.1, -0.05) is 6.07 Å². The van der Waals surface area contributed by atoms with Gasteiger partial charge in [-0.05, 0) is 30.5 Å². The molecule has 0 spiro atoms. The molecule has 1 aliphatic rings. The van der Waals surface area contributed by atoms with Gasteiger partial charge >= 0.3 is 0 Å². The Bertz CT molecular complexity index is 406. The van der Waals surface area contributed by atoms with E-state index >= 15 is 0 Å². The molecule has 0 bridgehead atoms. The Labute approximate surface area is 113 Å². The minimum atomic E-state index is -0.877. The molecule has 5 nitrogen and oxygen atoms in total. The van der Waals surface area contributed by atoms with Crippen LogP contribution in [0.25, 0.3) is 0 Å². The summed E-state index contributed by atoms with van der Waals surface area (Å²) in [6, 6.07) is 6.40. The highest BCUT2D eigenvalue weighted by Crippen LogP contribution is 2.28. The van der Waals surface area contributed by atoms with Crippen molar-refractivity contribution in [1.82, 2.24) is 5.32 Å². The zero-order valence-corrected chi connectivity index (χ0v) is 11.1. The molecule has 1 atom stereocenters. The van der Waals surface area contributed by atoms with E-state index in [1.807, 2.05) is 18.2 Å². The molecule has 1 aromatic carbocycles. The number of aliphatic hydroxyl groups is 2. The summed E-state index contributed by atoms with van der Waals surface area (Å²) >= 11 is 0. The lowest BCUT2D eigenvalue weighted by Crippen LogP contribution is -2.21. The zero-order valence-electron chi connectivity index (χ0n) is 11.1. The maximum absolute atomic E-state index is 9.31. The highest BCUT2D eigenvalue weighted by atomic mass is 16.5. The van der Waals surface area contributed by atoms with Crippen LogP contribution in [0, 0.1) is 0 Å². The van der Waals surface area contributed by atoms with Crippen LogP contribution in [0.5, 0.6) is 11.5 Å². The Morgan fingerprint density at radius 1 is 1.37 bits per heavy atom. The molecule has 2 rings (SSSR count). The molecule has 0 radical (unpaired) electrons. The second kappa shape index (κ2) is 6.75. The second-order valence-corrected chi connectivity index (χ2v) is 4.79. The van der Waals surface area contributed by atoms with Crippen molar-refractivity contribution in [3.8, 4) is 11.5 Å². The summed E-state index contributed by atoms with van der Waals surface area (Å²) in [5.74, 6) is 1.21. The van der Waals surface area contributed by atoms with E-state index in [4.69, 9.17) is 14.6 Å². The highest BCUT2D eigenvalue weighted by molar-refractivity contribution is 5.43. The number of methoxy groups -OCH3 is 1. The highest BCUT2D eigenvalue weighted by Gasteiger charge is 2.20. The van der Waals surface area contributed by atoms with Crippen molar-refractivity contribution in [2.75, 3.05) is 20.3 Å². The van der Waals surface area contributed by atoms with Crippen LogP contribution in [0.2, 0.25) is 0 Å². The van der Waals surface area contributed by atoms with Crippen LogP contribution in [-0.2, 0) is 6.54 Å². The number of aliphatic hydroxyl groups excluding tert-OH is 2. The van der Waals surface area contributed by atoms with Crippen LogP contribution in [0.1, 0.15) is 18.4 Å². The molecule has 1 aromatic rings. The summed E-state index contributed by atoms with van der Waals surface area (Å²) in [4.78, 5) is 0. The molecule has 0 aliphatic heterocycles. The third-order valence-corrected chi connectivity index (χ3v) is 3.04. The van der Waals surface area contributed by atoms with Crippen molar-refractivity contribution in [3.63, 3.8) is 0 Å². The molecule has 1 fully saturated rings. The molecule has 0 heterocycles. The van der Waals surface area contributed by atoms with Crippen LogP contribution in [0.3, 0.4) is 0 Å². The third-order valence-electron chi connectivity index (χ3n) is 3.04. The van der Waals surface area contributed by atoms with Crippen molar-refractivity contribution >= 4 is 0 Å². The summed E-state index contributed by atoms with van der Waals surface area (Å²) in [5, 5.41) is 21.5. The largest absolute Gasteiger partial charge is 0.493 e. The normalized spacial score (nSPS) is 16.2. The molecule has 1 unspecified atom stereocenters. The van der Waals surface area contributed by atoms with Gasteiger partial charge < -0.3 is 25.0 Å². The number of hydrogen-bond donors (Lipinski definition) is 3. The van der Waals surface area contributed by atoms with E-state index in [1.54, 1.807) is 7.11 Å². The minimum absolute atomic E-state index is 0.0480. The molecule has 3 N–H and O–H groups in total. The first-order chi connectivity index (χ1) is 9.22. The number of rotatable bonds is 8. The van der Waals surface area contributed by atoms with Crippen LogP contribution in [0.15, 0.2) is 18.2 Å². The molecule has 0 amide bonds. The summed E-state index contributed by atoms with van der Waals surface area (Å²) in [6.45, 7) is 0.533. The van der Waals surface area contributed by atoms with Gasteiger partial charge in [0.1, 0.15) is 12.7 Å². The molecule has 19 heavy (non-hydrogen) atoms. The monoisotopic (exact) mass is 267 g/mol. The summed E-state index contributed by atoms with van der Waals surface area (Å²) in [7, 11) is 1.58. The summed E-state index contributed by atoms with van der Waals surface area (Å²) in [5.41, 5.74) is 1.11. The van der Waals surface area contributed by atoms with Crippen molar-refractivity contribution < 1.29 is 19.7 Å². The van der Waals surface area contributed by atoms with E-state index in [0.29, 0.717) is 17.5 Å². The smallest absolute Gasteiger partial charge is 0.161 e. The summed E-state index contributed by atoms with van der Waals surface area (Å²) in [6.07, 6.45) is 1.63. The van der Waals surface area contributed by atoms with Crippen molar-refractivity contribution in [2.45, 2.75) is 31.5 Å². The minimum Gasteiger partial charge on any atom is -0.493 e. The van der Waals surface area contributed by atoms with Gasteiger partial charge in [0, 0.05) is 12.6 Å². The Balaban J connectivity index is 1.97. The fourth-order valence-corrected chi connectivity index (χ4v) is 1.73. The fraction of sp³-hybridized carbons (Fsp3) is 0.571. The van der Waals surface area contributed by atoms with E-state index in [-0.39, 0.29) is 13.2 Å². The van der Waals surface area contributed by atoms with E-state index in [9.17, 15) is 5.11 Å². The standard InChI is InChI=1S/C14H21NO4/c1-18-13-5-2-10(7-15-11-3-4-11)6-14(13)19-9-12(17)8-16/h2,5-6,11-12,15-17H,3-4,7-9H2,1H3. The van der Waals surface area contributed by atoms with Crippen molar-refractivity contribution in [1.29, 1.82) is 0 Å². The topological polar surface area (TPSA) is 71.0 Å². The van der Waals surface area contributed by atoms with Gasteiger partial charge in [0.25, 0.3) is 0 Å². The van der Waals surface area contributed by atoms with Gasteiger partial charge in [-0.15, -0.1) is 0 Å². The van der Waals surface area contributed by atoms with Crippen LogP contribution in [-0.4, -0.2) is 42.7 Å². The van der Waals surface area contributed by atoms with E-state index < -0.39 is 6.10 Å². The quantitative estimate of drug-likeness (QED) is 0.646. The van der Waals surface area contributed by atoms with Crippen molar-refractivity contribution in [2.24, 2.45) is 0 Å². The lowest BCUT2D eigenvalue weighted by molar-refractivity contribution is 0.0527. The number of ether oxygens (including phenoxy) is 2. The van der Waals surface area contributed by atoms with Gasteiger partial charge in [0.2, 0.25) is 0 Å². The first-order valence-electron chi connectivity index (χ1n) is 6.55. The van der Waals surface area contributed by atoms with E-state index in [0.717, 1.165) is 12.1 Å². The molecular weight excluding hydrogens is 246 g/mol. The van der Waals surface area contributed by atoms with Gasteiger partial charge in [-0.2, -0.15) is 0 Å². The zero-order chi connectivity index (χ0) is 13.7. The average molecular weight is 267 g/mol. The Morgan fingerprint density at radius 2 is 2.16 bits per heavy atom. The van der Waals surface area contributed by atoms with Gasteiger partial charge in [0.05, 0.1) is 13.7 Å². The number of hydrogen-bond acceptors (Lipinski definition) is 5. The third kappa shape index (κ3) is 4.38. The maximum atomic E-state index is 9.31. The SMILES string of the molecule is COc1ccc(CNC2CC2)cc1OCC(O)CO. The first kappa shape index (κ1) is 14.1. The van der Waals surface area contributed by atoms with E-state index in [2.05, 4.69) is 5.32 Å². The maximum Gasteiger partial charge on any atom is 0.161 e. The fourth-order valence-electron chi connectivity index (χ4n) is 1.73. The van der Waals surface area contributed by atoms with Crippen molar-refractivity contribution in [3.05, 3.63) is 23.8 Å². The molecule has 5 heteroatoms.